The first-order valence-corrected chi connectivity index (χ1v) is 14.1. The number of unbranched alkanes of at least 4 members (excludes halogenated alkanes) is 2. The van der Waals surface area contributed by atoms with Crippen molar-refractivity contribution in [3.05, 3.63) is 94.8 Å². The van der Waals surface area contributed by atoms with E-state index in [0.29, 0.717) is 30.5 Å². The van der Waals surface area contributed by atoms with Crippen LogP contribution in [0.1, 0.15) is 62.4 Å². The van der Waals surface area contributed by atoms with E-state index in [9.17, 15) is 4.79 Å². The fourth-order valence-corrected chi connectivity index (χ4v) is 4.82. The van der Waals surface area contributed by atoms with E-state index < -0.39 is 0 Å². The summed E-state index contributed by atoms with van der Waals surface area (Å²) in [5.74, 6) is 2.58. The smallest absolute Gasteiger partial charge is 0.224 e. The zero-order chi connectivity index (χ0) is 26.7. The van der Waals surface area contributed by atoms with Crippen molar-refractivity contribution < 1.29 is 9.53 Å². The van der Waals surface area contributed by atoms with Crippen molar-refractivity contribution in [3.8, 4) is 5.75 Å². The number of amides is 1. The second-order valence-corrected chi connectivity index (χ2v) is 10.4. The summed E-state index contributed by atoms with van der Waals surface area (Å²) in [6.45, 7) is 6.61. The molecular weight excluding hydrogens is 494 g/mol. The molecule has 0 aliphatic carbocycles. The van der Waals surface area contributed by atoms with E-state index >= 15 is 0 Å². The molecule has 0 spiro atoms. The van der Waals surface area contributed by atoms with E-state index in [1.165, 1.54) is 11.1 Å². The average molecular weight is 532 g/mol. The lowest BCUT2D eigenvalue weighted by molar-refractivity contribution is -0.120. The maximum atomic E-state index is 12.2. The number of aromatic nitrogens is 2. The van der Waals surface area contributed by atoms with Gasteiger partial charge in [0.15, 0.2) is 0 Å². The van der Waals surface area contributed by atoms with Gasteiger partial charge in [0, 0.05) is 24.5 Å². The number of rotatable bonds is 14. The largest absolute Gasteiger partial charge is 0.494 e. The molecule has 0 radical (unpaired) electrons. The summed E-state index contributed by atoms with van der Waals surface area (Å²) >= 11 is 6.16. The topological polar surface area (TPSA) is 56.1 Å². The SMILES string of the molecule is CC(C)c1ccc(OCCCn2c(CCCCCNC(=O)Cc3ccccc3Cl)nc3ccccc32)cc1. The van der Waals surface area contributed by atoms with Crippen molar-refractivity contribution in [2.24, 2.45) is 0 Å². The third-order valence-corrected chi connectivity index (χ3v) is 7.15. The third-order valence-electron chi connectivity index (χ3n) is 6.78. The van der Waals surface area contributed by atoms with Gasteiger partial charge in [-0.15, -0.1) is 0 Å². The Morgan fingerprint density at radius 2 is 1.71 bits per heavy atom. The van der Waals surface area contributed by atoms with Crippen molar-refractivity contribution in [2.45, 2.75) is 64.8 Å². The highest BCUT2D eigenvalue weighted by atomic mass is 35.5. The molecule has 0 aliphatic heterocycles. The van der Waals surface area contributed by atoms with Gasteiger partial charge >= 0.3 is 0 Å². The number of halogens is 1. The lowest BCUT2D eigenvalue weighted by Gasteiger charge is -2.11. The van der Waals surface area contributed by atoms with E-state index in [2.05, 4.69) is 66.2 Å². The minimum absolute atomic E-state index is 0.0120. The number of ether oxygens (including phenoxy) is 1. The van der Waals surface area contributed by atoms with Crippen LogP contribution in [0.15, 0.2) is 72.8 Å². The van der Waals surface area contributed by atoms with Crippen molar-refractivity contribution in [1.82, 2.24) is 14.9 Å². The third kappa shape index (κ3) is 7.84. The van der Waals surface area contributed by atoms with E-state index in [-0.39, 0.29) is 5.91 Å². The van der Waals surface area contributed by atoms with Crippen molar-refractivity contribution >= 4 is 28.5 Å². The lowest BCUT2D eigenvalue weighted by Crippen LogP contribution is -2.26. The minimum atomic E-state index is 0.0120. The van der Waals surface area contributed by atoms with Crippen molar-refractivity contribution in [3.63, 3.8) is 0 Å². The van der Waals surface area contributed by atoms with Gasteiger partial charge in [-0.25, -0.2) is 4.98 Å². The Balaban J connectivity index is 1.21. The van der Waals surface area contributed by atoms with Crippen LogP contribution in [-0.4, -0.2) is 28.6 Å². The molecule has 1 amide bonds. The summed E-state index contributed by atoms with van der Waals surface area (Å²) in [5, 5.41) is 3.65. The molecular formula is C32H38ClN3O2. The number of nitrogens with one attached hydrogen (secondary N) is 1. The van der Waals surface area contributed by atoms with Crippen molar-refractivity contribution in [2.75, 3.05) is 13.2 Å². The molecule has 0 bridgehead atoms. The van der Waals surface area contributed by atoms with Gasteiger partial charge in [0.25, 0.3) is 0 Å². The van der Waals surface area contributed by atoms with Crippen molar-refractivity contribution in [1.29, 1.82) is 0 Å². The number of fused-ring (bicyclic) bond motifs is 1. The van der Waals surface area contributed by atoms with Crippen LogP contribution < -0.4 is 10.1 Å². The summed E-state index contributed by atoms with van der Waals surface area (Å²) in [4.78, 5) is 17.1. The van der Waals surface area contributed by atoms with E-state index in [0.717, 1.165) is 61.3 Å². The predicted molar refractivity (Wildman–Crippen MR) is 156 cm³/mol. The van der Waals surface area contributed by atoms with Crippen LogP contribution in [0.3, 0.4) is 0 Å². The minimum Gasteiger partial charge on any atom is -0.494 e. The van der Waals surface area contributed by atoms with Gasteiger partial charge in [-0.05, 0) is 66.6 Å². The number of hydrogen-bond acceptors (Lipinski definition) is 3. The summed E-state index contributed by atoms with van der Waals surface area (Å²) in [6.07, 6.45) is 5.15. The molecule has 3 aromatic carbocycles. The van der Waals surface area contributed by atoms with Crippen LogP contribution in [0.2, 0.25) is 5.02 Å². The molecule has 1 aromatic heterocycles. The molecule has 0 atom stereocenters. The van der Waals surface area contributed by atoms with Crippen LogP contribution in [-0.2, 0) is 24.2 Å². The fraction of sp³-hybridized carbons (Fsp3) is 0.375. The molecule has 1 heterocycles. The first kappa shape index (κ1) is 27.7. The van der Waals surface area contributed by atoms with E-state index in [1.54, 1.807) is 0 Å². The molecule has 0 saturated heterocycles. The van der Waals surface area contributed by atoms with E-state index in [4.69, 9.17) is 21.3 Å². The van der Waals surface area contributed by atoms with Gasteiger partial charge in [0.1, 0.15) is 11.6 Å². The second-order valence-electron chi connectivity index (χ2n) is 10.0. The highest BCUT2D eigenvalue weighted by Crippen LogP contribution is 2.21. The van der Waals surface area contributed by atoms with Gasteiger partial charge in [0.05, 0.1) is 24.1 Å². The summed E-state index contributed by atoms with van der Waals surface area (Å²) in [7, 11) is 0. The number of benzene rings is 3. The number of nitrogens with zero attached hydrogens (tertiary/aromatic N) is 2. The highest BCUT2D eigenvalue weighted by Gasteiger charge is 2.11. The second kappa shape index (κ2) is 14.0. The number of hydrogen-bond donors (Lipinski definition) is 1. The molecule has 4 rings (SSSR count). The number of carbonyl (C=O) groups is 1. The monoisotopic (exact) mass is 531 g/mol. The zero-order valence-electron chi connectivity index (χ0n) is 22.5. The van der Waals surface area contributed by atoms with Crippen LogP contribution in [0, 0.1) is 0 Å². The predicted octanol–water partition coefficient (Wildman–Crippen LogP) is 7.35. The van der Waals surface area contributed by atoms with E-state index in [1.807, 2.05) is 30.3 Å². The van der Waals surface area contributed by atoms with Gasteiger partial charge in [-0.2, -0.15) is 0 Å². The van der Waals surface area contributed by atoms with Crippen LogP contribution in [0.4, 0.5) is 0 Å². The Hall–Kier alpha value is -3.31. The van der Waals surface area contributed by atoms with Crippen LogP contribution in [0.25, 0.3) is 11.0 Å². The molecule has 38 heavy (non-hydrogen) atoms. The molecule has 200 valence electrons. The Morgan fingerprint density at radius 1 is 0.947 bits per heavy atom. The number of imidazole rings is 1. The lowest BCUT2D eigenvalue weighted by atomic mass is 10.0. The fourth-order valence-electron chi connectivity index (χ4n) is 4.62. The zero-order valence-corrected chi connectivity index (χ0v) is 23.2. The molecule has 0 saturated carbocycles. The quantitative estimate of drug-likeness (QED) is 0.173. The van der Waals surface area contributed by atoms with Crippen LogP contribution >= 0.6 is 11.6 Å². The molecule has 0 aliphatic rings. The van der Waals surface area contributed by atoms with Gasteiger partial charge in [-0.1, -0.05) is 74.3 Å². The maximum Gasteiger partial charge on any atom is 0.224 e. The Bertz CT molecular complexity index is 1310. The Labute approximate surface area is 231 Å². The first-order valence-electron chi connectivity index (χ1n) is 13.7. The molecule has 5 nitrogen and oxygen atoms in total. The molecule has 0 fully saturated rings. The van der Waals surface area contributed by atoms with Crippen LogP contribution in [0.5, 0.6) is 5.75 Å². The normalized spacial score (nSPS) is 11.3. The average Bonchev–Trinajstić information content (AvgIpc) is 3.27. The summed E-state index contributed by atoms with van der Waals surface area (Å²) < 4.78 is 8.34. The Morgan fingerprint density at radius 3 is 2.50 bits per heavy atom. The molecule has 4 aromatic rings. The van der Waals surface area contributed by atoms with Gasteiger partial charge < -0.3 is 14.6 Å². The first-order chi connectivity index (χ1) is 18.5. The number of carbonyl (C=O) groups excluding carboxylic acids is 1. The van der Waals surface area contributed by atoms with Gasteiger partial charge in [0.2, 0.25) is 5.91 Å². The summed E-state index contributed by atoms with van der Waals surface area (Å²) in [6, 6.07) is 24.2. The molecule has 1 N–H and O–H groups in total. The van der Waals surface area contributed by atoms with Gasteiger partial charge in [-0.3, -0.25) is 4.79 Å². The highest BCUT2D eigenvalue weighted by molar-refractivity contribution is 6.31. The summed E-state index contributed by atoms with van der Waals surface area (Å²) in [5.41, 5.74) is 4.40. The number of aryl methyl sites for hydroxylation is 2. The standard InChI is InChI=1S/C32H38ClN3O2/c1-24(2)25-16-18-27(19-17-25)38-22-10-21-36-30-14-8-7-13-29(30)35-31(36)15-4-3-9-20-34-32(37)23-26-11-5-6-12-28(26)33/h5-8,11-14,16-19,24H,3-4,9-10,15,20-23H2,1-2H3,(H,34,37). The maximum absolute atomic E-state index is 12.2. The molecule has 0 unspecified atom stereocenters. The Kier molecular flexibility index (Phi) is 10.2. The number of para-hydroxylation sites is 2. The molecule has 6 heteroatoms.